The Morgan fingerprint density at radius 3 is 2.43 bits per heavy atom. The van der Waals surface area contributed by atoms with Gasteiger partial charge < -0.3 is 14.5 Å². The van der Waals surface area contributed by atoms with Gasteiger partial charge >= 0.3 is 0 Å². The summed E-state index contributed by atoms with van der Waals surface area (Å²) in [4.78, 5) is 17.0. The van der Waals surface area contributed by atoms with E-state index in [1.807, 2.05) is 66.4 Å². The average Bonchev–Trinajstić information content (AvgIpc) is 2.73. The van der Waals surface area contributed by atoms with Crippen LogP contribution in [0.25, 0.3) is 10.8 Å². The molecular weight excluding hydrogens is 372 g/mol. The van der Waals surface area contributed by atoms with Crippen LogP contribution in [-0.4, -0.2) is 43.1 Å². The van der Waals surface area contributed by atoms with E-state index in [2.05, 4.69) is 17.0 Å². The van der Waals surface area contributed by atoms with Crippen LogP contribution in [0.15, 0.2) is 66.7 Å². The molecule has 1 atom stereocenters. The summed E-state index contributed by atoms with van der Waals surface area (Å²) in [6.07, 6.45) is -0.515. The van der Waals surface area contributed by atoms with E-state index in [0.717, 1.165) is 40.3 Å². The van der Waals surface area contributed by atoms with Crippen molar-refractivity contribution in [3.8, 4) is 5.75 Å². The Labute approximate surface area is 170 Å². The van der Waals surface area contributed by atoms with Gasteiger partial charge in [0.2, 0.25) is 0 Å². The van der Waals surface area contributed by atoms with Gasteiger partial charge in [-0.05, 0) is 48.0 Å². The van der Waals surface area contributed by atoms with Crippen LogP contribution in [0.2, 0.25) is 5.02 Å². The first-order valence-electron chi connectivity index (χ1n) is 9.55. The fourth-order valence-corrected chi connectivity index (χ4v) is 3.79. The zero-order valence-electron chi connectivity index (χ0n) is 15.8. The minimum atomic E-state index is -0.515. The molecule has 1 unspecified atom stereocenters. The van der Waals surface area contributed by atoms with Gasteiger partial charge in [0.05, 0.1) is 0 Å². The zero-order chi connectivity index (χ0) is 19.5. The van der Waals surface area contributed by atoms with Gasteiger partial charge in [0.15, 0.2) is 6.10 Å². The second-order valence-corrected chi connectivity index (χ2v) is 7.50. The van der Waals surface area contributed by atoms with Crippen molar-refractivity contribution in [1.29, 1.82) is 0 Å². The number of ether oxygens (including phenoxy) is 1. The van der Waals surface area contributed by atoms with Crippen molar-refractivity contribution in [2.75, 3.05) is 31.1 Å². The SMILES string of the molecule is CC(Oc1ccc2ccccc2c1)C(=O)N1CCN(c2cccc(Cl)c2)CC1. The molecule has 1 aliphatic heterocycles. The molecular formula is C23H23ClN2O2. The van der Waals surface area contributed by atoms with Crippen LogP contribution in [0.3, 0.4) is 0 Å². The van der Waals surface area contributed by atoms with Gasteiger partial charge in [-0.3, -0.25) is 4.79 Å². The van der Waals surface area contributed by atoms with Gasteiger partial charge in [0.1, 0.15) is 5.75 Å². The van der Waals surface area contributed by atoms with Crippen molar-refractivity contribution >= 4 is 34.0 Å². The first-order valence-corrected chi connectivity index (χ1v) is 9.93. The van der Waals surface area contributed by atoms with Gasteiger partial charge in [0, 0.05) is 36.9 Å². The molecule has 3 aromatic carbocycles. The van der Waals surface area contributed by atoms with Crippen molar-refractivity contribution in [1.82, 2.24) is 4.90 Å². The molecule has 0 spiro atoms. The maximum absolute atomic E-state index is 12.8. The summed E-state index contributed by atoms with van der Waals surface area (Å²) in [5.41, 5.74) is 1.10. The number of anilines is 1. The van der Waals surface area contributed by atoms with E-state index in [0.29, 0.717) is 13.1 Å². The molecule has 3 aromatic rings. The van der Waals surface area contributed by atoms with Crippen LogP contribution < -0.4 is 9.64 Å². The summed E-state index contributed by atoms with van der Waals surface area (Å²) in [5, 5.41) is 2.99. The highest BCUT2D eigenvalue weighted by Gasteiger charge is 2.26. The number of amides is 1. The maximum Gasteiger partial charge on any atom is 0.263 e. The van der Waals surface area contributed by atoms with Crippen LogP contribution in [0, 0.1) is 0 Å². The molecule has 1 heterocycles. The van der Waals surface area contributed by atoms with Crippen molar-refractivity contribution in [3.63, 3.8) is 0 Å². The first kappa shape index (κ1) is 18.6. The monoisotopic (exact) mass is 394 g/mol. The molecule has 1 saturated heterocycles. The topological polar surface area (TPSA) is 32.8 Å². The molecule has 1 fully saturated rings. The third kappa shape index (κ3) is 4.07. The van der Waals surface area contributed by atoms with Crippen LogP contribution in [-0.2, 0) is 4.79 Å². The lowest BCUT2D eigenvalue weighted by Gasteiger charge is -2.37. The number of hydrogen-bond acceptors (Lipinski definition) is 3. The Bertz CT molecular complexity index is 983. The average molecular weight is 395 g/mol. The van der Waals surface area contributed by atoms with Crippen molar-refractivity contribution in [2.45, 2.75) is 13.0 Å². The Morgan fingerprint density at radius 2 is 1.68 bits per heavy atom. The quantitative estimate of drug-likeness (QED) is 0.647. The van der Waals surface area contributed by atoms with E-state index in [1.54, 1.807) is 0 Å². The summed E-state index contributed by atoms with van der Waals surface area (Å²) in [7, 11) is 0. The highest BCUT2D eigenvalue weighted by Crippen LogP contribution is 2.23. The molecule has 0 radical (unpaired) electrons. The lowest BCUT2D eigenvalue weighted by Crippen LogP contribution is -2.52. The number of hydrogen-bond donors (Lipinski definition) is 0. The highest BCUT2D eigenvalue weighted by molar-refractivity contribution is 6.30. The van der Waals surface area contributed by atoms with E-state index in [4.69, 9.17) is 16.3 Å². The molecule has 1 amide bonds. The minimum absolute atomic E-state index is 0.0268. The van der Waals surface area contributed by atoms with Crippen molar-refractivity contribution in [2.24, 2.45) is 0 Å². The fraction of sp³-hybridized carbons (Fsp3) is 0.261. The molecule has 0 aliphatic carbocycles. The number of carbonyl (C=O) groups is 1. The minimum Gasteiger partial charge on any atom is -0.481 e. The standard InChI is InChI=1S/C23H23ClN2O2/c1-17(28-22-10-9-18-5-2-3-6-19(18)15-22)23(27)26-13-11-25(12-14-26)21-8-4-7-20(24)16-21/h2-10,15-17H,11-14H2,1H3. The van der Waals surface area contributed by atoms with Crippen LogP contribution >= 0.6 is 11.6 Å². The predicted octanol–water partition coefficient (Wildman–Crippen LogP) is 4.61. The molecule has 0 aromatic heterocycles. The fourth-order valence-electron chi connectivity index (χ4n) is 3.61. The second-order valence-electron chi connectivity index (χ2n) is 7.06. The summed E-state index contributed by atoms with van der Waals surface area (Å²) in [5.74, 6) is 0.746. The van der Waals surface area contributed by atoms with E-state index < -0.39 is 6.10 Å². The number of piperazine rings is 1. The predicted molar refractivity (Wildman–Crippen MR) is 114 cm³/mol. The summed E-state index contributed by atoms with van der Waals surface area (Å²) in [6, 6.07) is 21.9. The second kappa shape index (κ2) is 8.11. The third-order valence-corrected chi connectivity index (χ3v) is 5.38. The summed E-state index contributed by atoms with van der Waals surface area (Å²) >= 11 is 6.09. The van der Waals surface area contributed by atoms with E-state index >= 15 is 0 Å². The van der Waals surface area contributed by atoms with E-state index in [9.17, 15) is 4.79 Å². The normalized spacial score (nSPS) is 15.5. The number of halogens is 1. The molecule has 28 heavy (non-hydrogen) atoms. The molecule has 0 N–H and O–H groups in total. The summed E-state index contributed by atoms with van der Waals surface area (Å²) in [6.45, 7) is 4.75. The van der Waals surface area contributed by atoms with Crippen molar-refractivity contribution in [3.05, 3.63) is 71.8 Å². The third-order valence-electron chi connectivity index (χ3n) is 5.15. The smallest absolute Gasteiger partial charge is 0.263 e. The lowest BCUT2D eigenvalue weighted by molar-refractivity contribution is -0.138. The lowest BCUT2D eigenvalue weighted by atomic mass is 10.1. The van der Waals surface area contributed by atoms with E-state index in [-0.39, 0.29) is 5.91 Å². The Morgan fingerprint density at radius 1 is 0.929 bits per heavy atom. The molecule has 144 valence electrons. The molecule has 0 bridgehead atoms. The number of carbonyl (C=O) groups excluding carboxylic acids is 1. The number of benzene rings is 3. The number of nitrogens with zero attached hydrogens (tertiary/aromatic N) is 2. The Balaban J connectivity index is 1.36. The largest absolute Gasteiger partial charge is 0.481 e. The number of rotatable bonds is 4. The van der Waals surface area contributed by atoms with E-state index in [1.165, 1.54) is 0 Å². The molecule has 4 nitrogen and oxygen atoms in total. The maximum atomic E-state index is 12.8. The van der Waals surface area contributed by atoms with Crippen LogP contribution in [0.5, 0.6) is 5.75 Å². The number of fused-ring (bicyclic) bond motifs is 1. The first-order chi connectivity index (χ1) is 13.6. The molecule has 1 aliphatic rings. The van der Waals surface area contributed by atoms with Crippen LogP contribution in [0.1, 0.15) is 6.92 Å². The van der Waals surface area contributed by atoms with Gasteiger partial charge in [-0.15, -0.1) is 0 Å². The Kier molecular flexibility index (Phi) is 5.40. The summed E-state index contributed by atoms with van der Waals surface area (Å²) < 4.78 is 5.94. The van der Waals surface area contributed by atoms with Gasteiger partial charge in [0.25, 0.3) is 5.91 Å². The van der Waals surface area contributed by atoms with Gasteiger partial charge in [-0.25, -0.2) is 0 Å². The van der Waals surface area contributed by atoms with Gasteiger partial charge in [-0.2, -0.15) is 0 Å². The van der Waals surface area contributed by atoms with Crippen molar-refractivity contribution < 1.29 is 9.53 Å². The van der Waals surface area contributed by atoms with Crippen LogP contribution in [0.4, 0.5) is 5.69 Å². The Hall–Kier alpha value is -2.72. The zero-order valence-corrected chi connectivity index (χ0v) is 16.6. The van der Waals surface area contributed by atoms with Gasteiger partial charge in [-0.1, -0.05) is 48.0 Å². The molecule has 5 heteroatoms. The molecule has 0 saturated carbocycles. The molecule has 4 rings (SSSR count). The highest BCUT2D eigenvalue weighted by atomic mass is 35.5.